The molecule has 0 fully saturated rings. The van der Waals surface area contributed by atoms with Gasteiger partial charge in [0.25, 0.3) is 0 Å². The summed E-state index contributed by atoms with van der Waals surface area (Å²) in [5, 5.41) is 4.77. The molecule has 2 aromatic heterocycles. The topological polar surface area (TPSA) is 52.8 Å². The highest BCUT2D eigenvalue weighted by molar-refractivity contribution is 5.70. The molecule has 0 unspecified atom stereocenters. The number of ether oxygens (including phenoxy) is 1. The minimum atomic E-state index is 0.501. The molecule has 5 heteroatoms. The summed E-state index contributed by atoms with van der Waals surface area (Å²) in [7, 11) is 1.59. The smallest absolute Gasteiger partial charge is 0.218 e. The monoisotopic (exact) mass is 328 g/mol. The zero-order valence-corrected chi connectivity index (χ0v) is 13.7. The van der Waals surface area contributed by atoms with Gasteiger partial charge >= 0.3 is 0 Å². The number of hydrogen-bond donors (Lipinski definition) is 0. The van der Waals surface area contributed by atoms with E-state index in [1.54, 1.807) is 13.2 Å². The quantitative estimate of drug-likeness (QED) is 0.568. The van der Waals surface area contributed by atoms with Gasteiger partial charge in [-0.1, -0.05) is 60.7 Å². The molecule has 0 aliphatic carbocycles. The Balaban J connectivity index is 1.91. The Kier molecular flexibility index (Phi) is 3.96. The van der Waals surface area contributed by atoms with Crippen molar-refractivity contribution in [2.75, 3.05) is 7.11 Å². The average molecular weight is 328 g/mol. The molecule has 0 atom stereocenters. The maximum atomic E-state index is 5.22. The number of aromatic nitrogens is 4. The molecule has 122 valence electrons. The third-order valence-electron chi connectivity index (χ3n) is 3.90. The normalized spacial score (nSPS) is 10.6. The number of hydrogen-bond acceptors (Lipinski definition) is 4. The molecule has 5 nitrogen and oxygen atoms in total. The molecule has 0 saturated heterocycles. The van der Waals surface area contributed by atoms with Gasteiger partial charge in [0, 0.05) is 17.2 Å². The van der Waals surface area contributed by atoms with Gasteiger partial charge in [-0.15, -0.1) is 0 Å². The average Bonchev–Trinajstić information content (AvgIpc) is 3.15. The Morgan fingerprint density at radius 1 is 0.800 bits per heavy atom. The van der Waals surface area contributed by atoms with Crippen molar-refractivity contribution < 1.29 is 4.74 Å². The van der Waals surface area contributed by atoms with Crippen LogP contribution in [-0.4, -0.2) is 26.9 Å². The van der Waals surface area contributed by atoms with Gasteiger partial charge in [0.1, 0.15) is 6.33 Å². The minimum Gasteiger partial charge on any atom is -0.481 e. The van der Waals surface area contributed by atoms with E-state index in [0.717, 1.165) is 22.5 Å². The van der Waals surface area contributed by atoms with E-state index in [2.05, 4.69) is 28.2 Å². The van der Waals surface area contributed by atoms with Crippen LogP contribution in [-0.2, 0) is 0 Å². The third-order valence-corrected chi connectivity index (χ3v) is 3.90. The highest BCUT2D eigenvalue weighted by atomic mass is 16.5. The highest BCUT2D eigenvalue weighted by Crippen LogP contribution is 2.28. The molecule has 2 aromatic carbocycles. The molecule has 0 saturated carbocycles. The van der Waals surface area contributed by atoms with Gasteiger partial charge in [0.2, 0.25) is 5.88 Å². The van der Waals surface area contributed by atoms with Crippen LogP contribution in [0.5, 0.6) is 5.88 Å². The summed E-state index contributed by atoms with van der Waals surface area (Å²) in [6, 6.07) is 24.1. The summed E-state index contributed by atoms with van der Waals surface area (Å²) in [4.78, 5) is 8.44. The lowest BCUT2D eigenvalue weighted by molar-refractivity contribution is 0.396. The SMILES string of the molecule is COc1cc(-n2nc(-c3ccccc3)cc2-c2ccccc2)ncn1. The first kappa shape index (κ1) is 15.1. The summed E-state index contributed by atoms with van der Waals surface area (Å²) in [5.41, 5.74) is 3.96. The van der Waals surface area contributed by atoms with Crippen molar-refractivity contribution in [3.8, 4) is 34.2 Å². The first-order valence-electron chi connectivity index (χ1n) is 7.92. The second-order valence-corrected chi connectivity index (χ2v) is 5.48. The van der Waals surface area contributed by atoms with E-state index >= 15 is 0 Å². The van der Waals surface area contributed by atoms with Crippen LogP contribution in [0.3, 0.4) is 0 Å². The number of benzene rings is 2. The molecule has 2 heterocycles. The second-order valence-electron chi connectivity index (χ2n) is 5.48. The Hall–Kier alpha value is -3.47. The molecular weight excluding hydrogens is 312 g/mol. The molecule has 0 amide bonds. The van der Waals surface area contributed by atoms with Crippen molar-refractivity contribution >= 4 is 0 Å². The third kappa shape index (κ3) is 2.99. The van der Waals surface area contributed by atoms with E-state index in [1.165, 1.54) is 6.33 Å². The van der Waals surface area contributed by atoms with Crippen LogP contribution in [0.2, 0.25) is 0 Å². The predicted octanol–water partition coefficient (Wildman–Crippen LogP) is 4.00. The lowest BCUT2D eigenvalue weighted by Gasteiger charge is -2.07. The van der Waals surface area contributed by atoms with E-state index in [0.29, 0.717) is 11.7 Å². The molecule has 4 rings (SSSR count). The molecule has 0 spiro atoms. The lowest BCUT2D eigenvalue weighted by Crippen LogP contribution is -2.03. The van der Waals surface area contributed by atoms with Crippen LogP contribution in [0.1, 0.15) is 0 Å². The molecule has 25 heavy (non-hydrogen) atoms. The van der Waals surface area contributed by atoms with Crippen LogP contribution in [0.25, 0.3) is 28.3 Å². The van der Waals surface area contributed by atoms with E-state index in [1.807, 2.05) is 53.2 Å². The van der Waals surface area contributed by atoms with Crippen molar-refractivity contribution in [1.82, 2.24) is 19.7 Å². The van der Waals surface area contributed by atoms with E-state index in [4.69, 9.17) is 9.84 Å². The Labute approximate surface area is 145 Å². The van der Waals surface area contributed by atoms with Gasteiger partial charge in [0.15, 0.2) is 5.82 Å². The van der Waals surface area contributed by atoms with Crippen LogP contribution in [0.4, 0.5) is 0 Å². The van der Waals surface area contributed by atoms with Gasteiger partial charge in [0.05, 0.1) is 18.5 Å². The van der Waals surface area contributed by atoms with Crippen molar-refractivity contribution in [3.05, 3.63) is 79.1 Å². The van der Waals surface area contributed by atoms with E-state index < -0.39 is 0 Å². The fraction of sp³-hybridized carbons (Fsp3) is 0.0500. The molecule has 0 N–H and O–H groups in total. The fourth-order valence-electron chi connectivity index (χ4n) is 2.68. The summed E-state index contributed by atoms with van der Waals surface area (Å²) >= 11 is 0. The maximum Gasteiger partial charge on any atom is 0.218 e. The predicted molar refractivity (Wildman–Crippen MR) is 96.6 cm³/mol. The Morgan fingerprint density at radius 2 is 1.48 bits per heavy atom. The summed E-state index contributed by atoms with van der Waals surface area (Å²) in [6.07, 6.45) is 1.48. The van der Waals surface area contributed by atoms with Crippen LogP contribution in [0, 0.1) is 0 Å². The van der Waals surface area contributed by atoms with Crippen molar-refractivity contribution in [2.24, 2.45) is 0 Å². The maximum absolute atomic E-state index is 5.22. The van der Waals surface area contributed by atoms with Crippen molar-refractivity contribution in [3.63, 3.8) is 0 Å². The van der Waals surface area contributed by atoms with E-state index in [-0.39, 0.29) is 0 Å². The Morgan fingerprint density at radius 3 is 2.16 bits per heavy atom. The number of rotatable bonds is 4. The van der Waals surface area contributed by atoms with Gasteiger partial charge in [-0.3, -0.25) is 0 Å². The zero-order chi connectivity index (χ0) is 17.1. The largest absolute Gasteiger partial charge is 0.481 e. The standard InChI is InChI=1S/C20H16N4O/c1-25-20-13-19(21-14-22-20)24-18(16-10-6-3-7-11-16)12-17(23-24)15-8-4-2-5-9-15/h2-14H,1H3. The van der Waals surface area contributed by atoms with E-state index in [9.17, 15) is 0 Å². The Bertz CT molecular complexity index is 981. The molecule has 4 aromatic rings. The number of nitrogens with zero attached hydrogens (tertiary/aromatic N) is 4. The molecule has 0 aliphatic heterocycles. The zero-order valence-electron chi connectivity index (χ0n) is 13.7. The highest BCUT2D eigenvalue weighted by Gasteiger charge is 2.14. The minimum absolute atomic E-state index is 0.501. The first-order chi connectivity index (χ1) is 12.3. The van der Waals surface area contributed by atoms with Crippen LogP contribution < -0.4 is 4.74 Å². The van der Waals surface area contributed by atoms with Gasteiger partial charge in [-0.25, -0.2) is 14.6 Å². The molecule has 0 bridgehead atoms. The molecule has 0 radical (unpaired) electrons. The molecular formula is C20H16N4O. The summed E-state index contributed by atoms with van der Waals surface area (Å²) in [6.45, 7) is 0. The number of methoxy groups -OCH3 is 1. The van der Waals surface area contributed by atoms with Gasteiger partial charge in [-0.2, -0.15) is 5.10 Å². The van der Waals surface area contributed by atoms with Crippen LogP contribution >= 0.6 is 0 Å². The van der Waals surface area contributed by atoms with Crippen molar-refractivity contribution in [2.45, 2.75) is 0 Å². The van der Waals surface area contributed by atoms with Gasteiger partial charge in [-0.05, 0) is 6.07 Å². The van der Waals surface area contributed by atoms with Crippen LogP contribution in [0.15, 0.2) is 79.1 Å². The molecule has 0 aliphatic rings. The van der Waals surface area contributed by atoms with Crippen molar-refractivity contribution in [1.29, 1.82) is 0 Å². The second kappa shape index (κ2) is 6.57. The summed E-state index contributed by atoms with van der Waals surface area (Å²) < 4.78 is 7.04. The fourth-order valence-corrected chi connectivity index (χ4v) is 2.68. The van der Waals surface area contributed by atoms with Gasteiger partial charge < -0.3 is 4.74 Å². The lowest BCUT2D eigenvalue weighted by atomic mass is 10.1. The first-order valence-corrected chi connectivity index (χ1v) is 7.92. The summed E-state index contributed by atoms with van der Waals surface area (Å²) in [5.74, 6) is 1.16.